The molecule has 0 aliphatic heterocycles. The molecule has 1 amide bonds. The lowest BCUT2D eigenvalue weighted by Crippen LogP contribution is -2.14. The zero-order valence-corrected chi connectivity index (χ0v) is 11.1. The quantitative estimate of drug-likeness (QED) is 0.665. The van der Waals surface area contributed by atoms with Crippen LogP contribution in [0.15, 0.2) is 23.0 Å². The van der Waals surface area contributed by atoms with Crippen LogP contribution in [0.3, 0.4) is 0 Å². The monoisotopic (exact) mass is 291 g/mol. The van der Waals surface area contributed by atoms with Crippen LogP contribution in [0, 0.1) is 0 Å². The number of ether oxygens (including phenoxy) is 1. The van der Waals surface area contributed by atoms with E-state index in [0.29, 0.717) is 5.13 Å². The molecule has 0 spiro atoms. The Bertz CT molecular complexity index is 834. The smallest absolute Gasteiger partial charge is 0.341 e. The van der Waals surface area contributed by atoms with Gasteiger partial charge in [-0.1, -0.05) is 11.3 Å². The van der Waals surface area contributed by atoms with E-state index in [9.17, 15) is 9.59 Å². The molecule has 0 radical (unpaired) electrons. The number of anilines is 1. The van der Waals surface area contributed by atoms with Crippen molar-refractivity contribution in [3.05, 3.63) is 34.5 Å². The first-order valence-corrected chi connectivity index (χ1v) is 6.38. The molecule has 0 aliphatic rings. The third-order valence-corrected chi connectivity index (χ3v) is 3.47. The number of nitrogens with one attached hydrogen (secondary N) is 3. The molecule has 0 unspecified atom stereocenters. The molecule has 9 heteroatoms. The molecule has 2 heterocycles. The number of benzene rings is 1. The Balaban J connectivity index is 1.87. The number of hydrogen-bond donors (Lipinski definition) is 3. The van der Waals surface area contributed by atoms with E-state index >= 15 is 0 Å². The van der Waals surface area contributed by atoms with Gasteiger partial charge in [-0.25, -0.2) is 14.9 Å². The second-order valence-corrected chi connectivity index (χ2v) is 4.86. The number of hydrogen-bond acceptors (Lipinski definition) is 6. The standard InChI is InChI=1S/C11H9N5O3S/c1-19-5-2-3-6-7(4-5)20-11(12-6)14-9(17)8-13-10(18)16-15-8/h2-4H,1H3,(H,12,14,17)(H2,13,15,16,18). The Kier molecular flexibility index (Phi) is 2.95. The van der Waals surface area contributed by atoms with Crippen LogP contribution < -0.4 is 15.7 Å². The number of carbonyl (C=O) groups is 1. The van der Waals surface area contributed by atoms with E-state index in [4.69, 9.17) is 4.74 Å². The van der Waals surface area contributed by atoms with Gasteiger partial charge in [-0.15, -0.1) is 5.10 Å². The summed E-state index contributed by atoms with van der Waals surface area (Å²) in [6.45, 7) is 0. The highest BCUT2D eigenvalue weighted by molar-refractivity contribution is 7.22. The highest BCUT2D eigenvalue weighted by atomic mass is 32.1. The molecule has 3 aromatic rings. The number of carbonyl (C=O) groups excluding carboxylic acids is 1. The number of aromatic nitrogens is 4. The summed E-state index contributed by atoms with van der Waals surface area (Å²) in [5.41, 5.74) is 0.214. The Morgan fingerprint density at radius 2 is 2.30 bits per heavy atom. The highest BCUT2D eigenvalue weighted by Crippen LogP contribution is 2.29. The zero-order chi connectivity index (χ0) is 14.1. The minimum atomic E-state index is -0.538. The van der Waals surface area contributed by atoms with Gasteiger partial charge in [0.2, 0.25) is 5.82 Å². The van der Waals surface area contributed by atoms with Crippen LogP contribution in [0.4, 0.5) is 5.13 Å². The van der Waals surface area contributed by atoms with Gasteiger partial charge in [0.15, 0.2) is 5.13 Å². The summed E-state index contributed by atoms with van der Waals surface area (Å²) in [6, 6.07) is 5.43. The first-order chi connectivity index (χ1) is 9.65. The molecule has 3 rings (SSSR count). The van der Waals surface area contributed by atoms with Crippen molar-refractivity contribution in [2.45, 2.75) is 0 Å². The Morgan fingerprint density at radius 3 is 3.00 bits per heavy atom. The van der Waals surface area contributed by atoms with E-state index in [1.165, 1.54) is 11.3 Å². The van der Waals surface area contributed by atoms with E-state index in [2.05, 4.69) is 25.5 Å². The number of thiazole rings is 1. The van der Waals surface area contributed by atoms with E-state index in [0.717, 1.165) is 16.0 Å². The van der Waals surface area contributed by atoms with E-state index in [-0.39, 0.29) is 5.82 Å². The molecule has 0 atom stereocenters. The van der Waals surface area contributed by atoms with Crippen molar-refractivity contribution in [2.24, 2.45) is 0 Å². The maximum Gasteiger partial charge on any atom is 0.341 e. The molecular formula is C11H9N5O3S. The van der Waals surface area contributed by atoms with Crippen molar-refractivity contribution >= 4 is 32.6 Å². The second kappa shape index (κ2) is 4.78. The van der Waals surface area contributed by atoms with Gasteiger partial charge in [0.05, 0.1) is 17.3 Å². The number of amides is 1. The van der Waals surface area contributed by atoms with Gasteiger partial charge in [-0.05, 0) is 18.2 Å². The van der Waals surface area contributed by atoms with E-state index < -0.39 is 11.6 Å². The van der Waals surface area contributed by atoms with Gasteiger partial charge in [0.1, 0.15) is 5.75 Å². The Labute approximate surface area is 115 Å². The highest BCUT2D eigenvalue weighted by Gasteiger charge is 2.13. The fourth-order valence-corrected chi connectivity index (χ4v) is 2.51. The SMILES string of the molecule is COc1ccc2nc(NC(=O)c3n[nH]c(=O)[nH]3)sc2c1. The molecule has 2 aromatic heterocycles. The second-order valence-electron chi connectivity index (χ2n) is 3.83. The maximum atomic E-state index is 11.8. The lowest BCUT2D eigenvalue weighted by atomic mass is 10.3. The van der Waals surface area contributed by atoms with Crippen LogP contribution in [0.25, 0.3) is 10.2 Å². The fourth-order valence-electron chi connectivity index (χ4n) is 1.62. The number of nitrogens with zero attached hydrogens (tertiary/aromatic N) is 2. The van der Waals surface area contributed by atoms with Gasteiger partial charge in [-0.2, -0.15) is 0 Å². The van der Waals surface area contributed by atoms with Gasteiger partial charge in [-0.3, -0.25) is 15.1 Å². The van der Waals surface area contributed by atoms with E-state index in [1.54, 1.807) is 19.2 Å². The van der Waals surface area contributed by atoms with Crippen LogP contribution >= 0.6 is 11.3 Å². The molecule has 0 fully saturated rings. The number of H-pyrrole nitrogens is 2. The molecule has 0 aliphatic carbocycles. The van der Waals surface area contributed by atoms with Gasteiger partial charge >= 0.3 is 5.69 Å². The molecule has 20 heavy (non-hydrogen) atoms. The number of methoxy groups -OCH3 is 1. The fraction of sp³-hybridized carbons (Fsp3) is 0.0909. The third-order valence-electron chi connectivity index (χ3n) is 2.53. The number of fused-ring (bicyclic) bond motifs is 1. The third kappa shape index (κ3) is 2.26. The zero-order valence-electron chi connectivity index (χ0n) is 10.3. The summed E-state index contributed by atoms with van der Waals surface area (Å²) < 4.78 is 6.01. The van der Waals surface area contributed by atoms with Crippen LogP contribution in [0.2, 0.25) is 0 Å². The normalized spacial score (nSPS) is 10.7. The average Bonchev–Trinajstić information content (AvgIpc) is 3.03. The van der Waals surface area contributed by atoms with Crippen LogP contribution in [-0.4, -0.2) is 33.2 Å². The van der Waals surface area contributed by atoms with Crippen LogP contribution in [0.5, 0.6) is 5.75 Å². The minimum absolute atomic E-state index is 0.0909. The molecular weight excluding hydrogens is 282 g/mol. The lowest BCUT2D eigenvalue weighted by molar-refractivity contribution is 0.101. The van der Waals surface area contributed by atoms with Crippen molar-refractivity contribution in [2.75, 3.05) is 12.4 Å². The molecule has 0 bridgehead atoms. The number of rotatable bonds is 3. The first-order valence-electron chi connectivity index (χ1n) is 5.56. The summed E-state index contributed by atoms with van der Waals surface area (Å²) in [5.74, 6) is 0.0943. The molecule has 8 nitrogen and oxygen atoms in total. The van der Waals surface area contributed by atoms with Gasteiger partial charge in [0, 0.05) is 0 Å². The largest absolute Gasteiger partial charge is 0.497 e. The van der Waals surface area contributed by atoms with Gasteiger partial charge < -0.3 is 4.74 Å². The predicted octanol–water partition coefficient (Wildman–Crippen LogP) is 0.969. The Hall–Kier alpha value is -2.68. The van der Waals surface area contributed by atoms with Crippen LogP contribution in [-0.2, 0) is 0 Å². The summed E-state index contributed by atoms with van der Waals surface area (Å²) in [6.07, 6.45) is 0. The first kappa shape index (κ1) is 12.4. The minimum Gasteiger partial charge on any atom is -0.497 e. The molecule has 0 saturated heterocycles. The topological polar surface area (TPSA) is 113 Å². The number of aromatic amines is 2. The Morgan fingerprint density at radius 1 is 1.45 bits per heavy atom. The lowest BCUT2D eigenvalue weighted by Gasteiger charge is -1.96. The van der Waals surface area contributed by atoms with Crippen molar-refractivity contribution in [1.29, 1.82) is 0 Å². The van der Waals surface area contributed by atoms with Gasteiger partial charge in [0.25, 0.3) is 5.91 Å². The summed E-state index contributed by atoms with van der Waals surface area (Å²) >= 11 is 1.30. The van der Waals surface area contributed by atoms with E-state index in [1.807, 2.05) is 6.07 Å². The summed E-state index contributed by atoms with van der Waals surface area (Å²) in [4.78, 5) is 29.2. The average molecular weight is 291 g/mol. The molecule has 1 aromatic carbocycles. The van der Waals surface area contributed by atoms with Crippen molar-refractivity contribution in [1.82, 2.24) is 20.2 Å². The van der Waals surface area contributed by atoms with Crippen LogP contribution in [0.1, 0.15) is 10.6 Å². The molecule has 3 N–H and O–H groups in total. The maximum absolute atomic E-state index is 11.8. The molecule has 0 saturated carbocycles. The predicted molar refractivity (Wildman–Crippen MR) is 73.3 cm³/mol. The molecule has 102 valence electrons. The van der Waals surface area contributed by atoms with Crippen molar-refractivity contribution in [3.8, 4) is 5.75 Å². The summed E-state index contributed by atoms with van der Waals surface area (Å²) in [7, 11) is 1.58. The summed E-state index contributed by atoms with van der Waals surface area (Å²) in [5, 5.41) is 8.66. The van der Waals surface area contributed by atoms with Crippen molar-refractivity contribution in [3.63, 3.8) is 0 Å². The van der Waals surface area contributed by atoms with Crippen molar-refractivity contribution < 1.29 is 9.53 Å².